The summed E-state index contributed by atoms with van der Waals surface area (Å²) in [5.74, 6) is 0.357. The first-order valence-corrected chi connectivity index (χ1v) is 5.37. The van der Waals surface area contributed by atoms with Crippen LogP contribution < -0.4 is 5.73 Å². The Morgan fingerprint density at radius 2 is 2.27 bits per heavy atom. The summed E-state index contributed by atoms with van der Waals surface area (Å²) in [6.45, 7) is -0.273. The third kappa shape index (κ3) is 3.44. The van der Waals surface area contributed by atoms with Gasteiger partial charge < -0.3 is 15.9 Å². The number of anilines is 1. The van der Waals surface area contributed by atoms with Crippen LogP contribution in [0.1, 0.15) is 5.56 Å². The number of aliphatic hydroxyl groups excluding tert-OH is 2. The molecule has 0 aliphatic rings. The molecule has 5 heteroatoms. The van der Waals surface area contributed by atoms with Gasteiger partial charge in [-0.05, 0) is 18.2 Å². The number of hydrogen-bond acceptors (Lipinski definition) is 5. The van der Waals surface area contributed by atoms with E-state index in [4.69, 9.17) is 21.2 Å². The molecule has 0 fully saturated rings. The first-order valence-electron chi connectivity index (χ1n) is 4.38. The molecule has 15 heavy (non-hydrogen) atoms. The van der Waals surface area contributed by atoms with Gasteiger partial charge in [0.25, 0.3) is 0 Å². The lowest BCUT2D eigenvalue weighted by molar-refractivity contribution is 0.113. The van der Waals surface area contributed by atoms with E-state index in [9.17, 15) is 0 Å². The number of nitrogens with two attached hydrogens (primary N) is 1. The number of thioether (sulfide) groups is 1. The highest BCUT2D eigenvalue weighted by Gasteiger charge is 2.06. The molecule has 0 heterocycles. The van der Waals surface area contributed by atoms with Crippen LogP contribution in [0, 0.1) is 11.3 Å². The molecule has 1 aromatic carbocycles. The first kappa shape index (κ1) is 11.9. The van der Waals surface area contributed by atoms with Gasteiger partial charge in [0.2, 0.25) is 0 Å². The van der Waals surface area contributed by atoms with Crippen molar-refractivity contribution in [3.8, 4) is 6.07 Å². The van der Waals surface area contributed by atoms with E-state index >= 15 is 0 Å². The van der Waals surface area contributed by atoms with Gasteiger partial charge in [0.1, 0.15) is 0 Å². The third-order valence-electron chi connectivity index (χ3n) is 1.78. The molecular weight excluding hydrogens is 212 g/mol. The fourth-order valence-corrected chi connectivity index (χ4v) is 1.89. The highest BCUT2D eigenvalue weighted by Crippen LogP contribution is 2.26. The fourth-order valence-electron chi connectivity index (χ4n) is 0.968. The summed E-state index contributed by atoms with van der Waals surface area (Å²) in [6.07, 6.45) is -0.764. The molecular formula is C10H12N2O2S. The predicted molar refractivity (Wildman–Crippen MR) is 59.4 cm³/mol. The van der Waals surface area contributed by atoms with Crippen molar-refractivity contribution >= 4 is 17.4 Å². The van der Waals surface area contributed by atoms with Crippen LogP contribution in [0.5, 0.6) is 0 Å². The van der Waals surface area contributed by atoms with Gasteiger partial charge in [0, 0.05) is 16.3 Å². The zero-order valence-corrected chi connectivity index (χ0v) is 8.87. The van der Waals surface area contributed by atoms with Crippen LogP contribution in [0.2, 0.25) is 0 Å². The molecule has 1 unspecified atom stereocenters. The maximum absolute atomic E-state index is 9.16. The molecule has 0 spiro atoms. The summed E-state index contributed by atoms with van der Waals surface area (Å²) >= 11 is 1.32. The monoisotopic (exact) mass is 224 g/mol. The maximum atomic E-state index is 9.16. The minimum Gasteiger partial charge on any atom is -0.398 e. The van der Waals surface area contributed by atoms with Crippen molar-refractivity contribution in [3.63, 3.8) is 0 Å². The van der Waals surface area contributed by atoms with E-state index in [1.165, 1.54) is 11.8 Å². The van der Waals surface area contributed by atoms with Crippen LogP contribution in [0.25, 0.3) is 0 Å². The molecule has 0 bridgehead atoms. The Bertz CT molecular complexity index is 376. The SMILES string of the molecule is N#Cc1ccc(N)c(SCC(O)CO)c1. The lowest BCUT2D eigenvalue weighted by atomic mass is 10.2. The van der Waals surface area contributed by atoms with Crippen molar-refractivity contribution in [2.24, 2.45) is 0 Å². The average Bonchev–Trinajstić information content (AvgIpc) is 2.27. The minimum absolute atomic E-state index is 0.273. The van der Waals surface area contributed by atoms with Crippen molar-refractivity contribution in [2.45, 2.75) is 11.0 Å². The van der Waals surface area contributed by atoms with E-state index < -0.39 is 6.10 Å². The number of rotatable bonds is 4. The van der Waals surface area contributed by atoms with Crippen LogP contribution in [-0.2, 0) is 0 Å². The molecule has 0 saturated carbocycles. The molecule has 0 radical (unpaired) electrons. The van der Waals surface area contributed by atoms with Gasteiger partial charge in [0.05, 0.1) is 24.3 Å². The molecule has 1 rings (SSSR count). The second kappa shape index (κ2) is 5.61. The largest absolute Gasteiger partial charge is 0.398 e. The molecule has 0 aromatic heterocycles. The van der Waals surface area contributed by atoms with Gasteiger partial charge in [0.15, 0.2) is 0 Å². The molecule has 1 atom stereocenters. The third-order valence-corrected chi connectivity index (χ3v) is 3.00. The summed E-state index contributed by atoms with van der Waals surface area (Å²) in [6, 6.07) is 6.99. The van der Waals surface area contributed by atoms with Gasteiger partial charge in [-0.1, -0.05) is 0 Å². The first-order chi connectivity index (χ1) is 7.17. The second-order valence-electron chi connectivity index (χ2n) is 3.01. The van der Waals surface area contributed by atoms with Gasteiger partial charge >= 0.3 is 0 Å². The summed E-state index contributed by atoms with van der Waals surface area (Å²) in [5, 5.41) is 26.5. The van der Waals surface area contributed by atoms with Gasteiger partial charge in [-0.3, -0.25) is 0 Å². The van der Waals surface area contributed by atoms with E-state index in [1.54, 1.807) is 18.2 Å². The summed E-state index contributed by atoms with van der Waals surface area (Å²) < 4.78 is 0. The van der Waals surface area contributed by atoms with E-state index in [0.717, 1.165) is 4.90 Å². The van der Waals surface area contributed by atoms with Crippen molar-refractivity contribution in [3.05, 3.63) is 23.8 Å². The molecule has 0 aliphatic heterocycles. The summed E-state index contributed by atoms with van der Waals surface area (Å²) in [7, 11) is 0. The normalized spacial score (nSPS) is 12.1. The number of hydrogen-bond donors (Lipinski definition) is 3. The Hall–Kier alpha value is -1.22. The zero-order chi connectivity index (χ0) is 11.3. The number of nitrogen functional groups attached to an aromatic ring is 1. The molecule has 4 nitrogen and oxygen atoms in total. The molecule has 80 valence electrons. The number of nitriles is 1. The van der Waals surface area contributed by atoms with Crippen molar-refractivity contribution in [2.75, 3.05) is 18.1 Å². The Morgan fingerprint density at radius 3 is 2.87 bits per heavy atom. The zero-order valence-electron chi connectivity index (χ0n) is 8.05. The van der Waals surface area contributed by atoms with Crippen molar-refractivity contribution < 1.29 is 10.2 Å². The van der Waals surface area contributed by atoms with Crippen molar-refractivity contribution in [1.29, 1.82) is 5.26 Å². The van der Waals surface area contributed by atoms with Crippen molar-refractivity contribution in [1.82, 2.24) is 0 Å². The van der Waals surface area contributed by atoms with E-state index in [0.29, 0.717) is 17.0 Å². The molecule has 0 amide bonds. The van der Waals surface area contributed by atoms with Crippen LogP contribution in [0.15, 0.2) is 23.1 Å². The maximum Gasteiger partial charge on any atom is 0.0992 e. The van der Waals surface area contributed by atoms with Gasteiger partial charge in [-0.25, -0.2) is 0 Å². The highest BCUT2D eigenvalue weighted by molar-refractivity contribution is 7.99. The number of aliphatic hydroxyl groups is 2. The topological polar surface area (TPSA) is 90.3 Å². The highest BCUT2D eigenvalue weighted by atomic mass is 32.2. The Labute approximate surface area is 92.3 Å². The van der Waals surface area contributed by atoms with Crippen LogP contribution in [0.4, 0.5) is 5.69 Å². The fraction of sp³-hybridized carbons (Fsp3) is 0.300. The number of nitrogens with zero attached hydrogens (tertiary/aromatic N) is 1. The van der Waals surface area contributed by atoms with Gasteiger partial charge in [-0.2, -0.15) is 5.26 Å². The Kier molecular flexibility index (Phi) is 4.43. The smallest absolute Gasteiger partial charge is 0.0992 e. The lowest BCUT2D eigenvalue weighted by Crippen LogP contribution is -2.14. The number of benzene rings is 1. The van der Waals surface area contributed by atoms with Crippen LogP contribution in [0.3, 0.4) is 0 Å². The lowest BCUT2D eigenvalue weighted by Gasteiger charge is -2.08. The predicted octanol–water partition coefficient (Wildman–Crippen LogP) is 0.586. The second-order valence-corrected chi connectivity index (χ2v) is 4.07. The van der Waals surface area contributed by atoms with Gasteiger partial charge in [-0.15, -0.1) is 11.8 Å². The quantitative estimate of drug-likeness (QED) is 0.514. The molecule has 1 aromatic rings. The standard InChI is InChI=1S/C10H12N2O2S/c11-4-7-1-2-9(12)10(3-7)15-6-8(14)5-13/h1-3,8,13-14H,5-6,12H2. The molecule has 4 N–H and O–H groups in total. The van der Waals surface area contributed by atoms with Crippen LogP contribution >= 0.6 is 11.8 Å². The molecule has 0 aliphatic carbocycles. The van der Waals surface area contributed by atoms with E-state index in [2.05, 4.69) is 0 Å². The minimum atomic E-state index is -0.764. The molecule has 0 saturated heterocycles. The average molecular weight is 224 g/mol. The van der Waals surface area contributed by atoms with E-state index in [-0.39, 0.29) is 6.61 Å². The van der Waals surface area contributed by atoms with E-state index in [1.807, 2.05) is 6.07 Å². The van der Waals surface area contributed by atoms with Crippen LogP contribution in [-0.4, -0.2) is 28.7 Å². The Balaban J connectivity index is 2.72. The Morgan fingerprint density at radius 1 is 1.53 bits per heavy atom. The summed E-state index contributed by atoms with van der Waals surface area (Å²) in [4.78, 5) is 0.751. The summed E-state index contributed by atoms with van der Waals surface area (Å²) in [5.41, 5.74) is 6.80.